The quantitative estimate of drug-likeness (QED) is 0.431. The fourth-order valence-electron chi connectivity index (χ4n) is 0.991. The smallest absolute Gasteiger partial charge is 0.418 e. The first-order valence-electron chi connectivity index (χ1n) is 5.10. The van der Waals surface area contributed by atoms with Gasteiger partial charge in [-0.1, -0.05) is 19.9 Å². The Morgan fingerprint density at radius 2 is 1.44 bits per heavy atom. The number of nitrogens with zero attached hydrogens (tertiary/aromatic N) is 1. The van der Waals surface area contributed by atoms with Gasteiger partial charge in [-0.25, -0.2) is 4.57 Å². The molecule has 0 spiro atoms. The van der Waals surface area contributed by atoms with E-state index < -0.39 is 7.25 Å². The van der Waals surface area contributed by atoms with Gasteiger partial charge in [-0.15, -0.1) is 0 Å². The van der Waals surface area contributed by atoms with Crippen LogP contribution in [0, 0.1) is 5.92 Å². The lowest BCUT2D eigenvalue weighted by Gasteiger charge is -1.99. The van der Waals surface area contributed by atoms with E-state index in [1.807, 2.05) is 6.07 Å². The third kappa shape index (κ3) is 12.9. The van der Waals surface area contributed by atoms with Gasteiger partial charge in [0.1, 0.15) is 6.54 Å². The Bertz CT molecular complexity index is 268. The van der Waals surface area contributed by atoms with Crippen LogP contribution in [0.15, 0.2) is 30.6 Å². The molecule has 1 rings (SSSR count). The highest BCUT2D eigenvalue weighted by Gasteiger charge is 2.20. The predicted molar refractivity (Wildman–Crippen MR) is 56.3 cm³/mol. The molecule has 6 heteroatoms. The van der Waals surface area contributed by atoms with Crippen LogP contribution in [0.5, 0.6) is 0 Å². The second-order valence-electron chi connectivity index (χ2n) is 3.79. The fourth-order valence-corrected chi connectivity index (χ4v) is 0.991. The van der Waals surface area contributed by atoms with Crippen LogP contribution in [0.2, 0.25) is 0 Å². The van der Waals surface area contributed by atoms with Crippen molar-refractivity contribution in [1.29, 1.82) is 0 Å². The molecule has 1 nitrogen and oxygen atoms in total. The van der Waals surface area contributed by atoms with E-state index in [0.717, 1.165) is 12.5 Å². The first-order valence-corrected chi connectivity index (χ1v) is 5.10. The summed E-state index contributed by atoms with van der Waals surface area (Å²) in [4.78, 5) is 0. The Kier molecular flexibility index (Phi) is 6.77. The van der Waals surface area contributed by atoms with Crippen molar-refractivity contribution in [3.63, 3.8) is 0 Å². The number of rotatable bonds is 3. The normalized spacial score (nSPS) is 10.9. The zero-order valence-corrected chi connectivity index (χ0v) is 9.41. The minimum Gasteiger partial charge on any atom is -0.418 e. The van der Waals surface area contributed by atoms with Crippen LogP contribution in [-0.2, 0) is 6.54 Å². The molecule has 0 radical (unpaired) electrons. The van der Waals surface area contributed by atoms with Crippen molar-refractivity contribution in [3.8, 4) is 0 Å². The fraction of sp³-hybridized carbons (Fsp3) is 0.500. The predicted octanol–water partition coefficient (Wildman–Crippen LogP) is 3.32. The molecule has 0 aliphatic carbocycles. The average Bonchev–Trinajstić information content (AvgIpc) is 2.14. The van der Waals surface area contributed by atoms with Crippen molar-refractivity contribution in [3.05, 3.63) is 30.6 Å². The van der Waals surface area contributed by atoms with Crippen molar-refractivity contribution < 1.29 is 21.8 Å². The highest BCUT2D eigenvalue weighted by atomic mass is 19.5. The summed E-state index contributed by atoms with van der Waals surface area (Å²) in [6.45, 7) is 5.64. The molecule has 0 bridgehead atoms. The third-order valence-corrected chi connectivity index (χ3v) is 1.74. The van der Waals surface area contributed by atoms with Crippen molar-refractivity contribution in [2.45, 2.75) is 26.8 Å². The zero-order chi connectivity index (χ0) is 12.6. The minimum absolute atomic E-state index is 0.794. The number of pyridine rings is 1. The molecule has 1 aromatic heterocycles. The Balaban J connectivity index is 0.000000385. The van der Waals surface area contributed by atoms with Crippen molar-refractivity contribution >= 4 is 7.25 Å². The molecule has 0 unspecified atom stereocenters. The second kappa shape index (κ2) is 7.25. The first kappa shape index (κ1) is 14.9. The molecule has 1 heterocycles. The van der Waals surface area contributed by atoms with Gasteiger partial charge in [-0.3, -0.25) is 0 Å². The maximum atomic E-state index is 9.75. The number of hydrogen-bond donors (Lipinski definition) is 0. The molecule has 0 aromatic carbocycles. The monoisotopic (exact) mass is 237 g/mol. The SMILES string of the molecule is CC(C)CC[n+]1ccccc1.F[B-](F)(F)F. The summed E-state index contributed by atoms with van der Waals surface area (Å²) in [6.07, 6.45) is 5.49. The molecule has 0 atom stereocenters. The topological polar surface area (TPSA) is 3.88 Å². The average molecular weight is 237 g/mol. The first-order chi connectivity index (χ1) is 7.29. The molecule has 0 aliphatic heterocycles. The largest absolute Gasteiger partial charge is 0.673 e. The third-order valence-electron chi connectivity index (χ3n) is 1.74. The number of halogens is 4. The van der Waals surface area contributed by atoms with Crippen LogP contribution >= 0.6 is 0 Å². The lowest BCUT2D eigenvalue weighted by Crippen LogP contribution is -2.32. The van der Waals surface area contributed by atoms with Gasteiger partial charge in [0.05, 0.1) is 0 Å². The Labute approximate surface area is 93.2 Å². The zero-order valence-electron chi connectivity index (χ0n) is 9.41. The molecule has 0 amide bonds. The number of aromatic nitrogens is 1. The van der Waals surface area contributed by atoms with Crippen LogP contribution in [0.3, 0.4) is 0 Å². The van der Waals surface area contributed by atoms with Gasteiger partial charge in [-0.2, -0.15) is 0 Å². The van der Waals surface area contributed by atoms with E-state index >= 15 is 0 Å². The summed E-state index contributed by atoms with van der Waals surface area (Å²) in [6, 6.07) is 6.19. The van der Waals surface area contributed by atoms with Gasteiger partial charge >= 0.3 is 7.25 Å². The van der Waals surface area contributed by atoms with Gasteiger partial charge in [0.15, 0.2) is 12.4 Å². The molecular weight excluding hydrogens is 221 g/mol. The molecule has 0 aliphatic rings. The summed E-state index contributed by atoms with van der Waals surface area (Å²) in [5.41, 5.74) is 0. The summed E-state index contributed by atoms with van der Waals surface area (Å²) in [7, 11) is -6.00. The Hall–Kier alpha value is -1.07. The molecule has 1 aromatic rings. The maximum Gasteiger partial charge on any atom is 0.673 e. The van der Waals surface area contributed by atoms with Gasteiger partial charge in [0.25, 0.3) is 0 Å². The van der Waals surface area contributed by atoms with Gasteiger partial charge in [0.2, 0.25) is 0 Å². The molecule has 92 valence electrons. The van der Waals surface area contributed by atoms with E-state index in [0.29, 0.717) is 0 Å². The van der Waals surface area contributed by atoms with Crippen LogP contribution in [-0.4, -0.2) is 7.25 Å². The van der Waals surface area contributed by atoms with E-state index in [2.05, 4.69) is 42.9 Å². The van der Waals surface area contributed by atoms with Crippen LogP contribution < -0.4 is 4.57 Å². The van der Waals surface area contributed by atoms with Crippen molar-refractivity contribution in [1.82, 2.24) is 0 Å². The Morgan fingerprint density at radius 3 is 1.81 bits per heavy atom. The van der Waals surface area contributed by atoms with Crippen LogP contribution in [0.4, 0.5) is 17.3 Å². The molecular formula is C10H16BF4N. The van der Waals surface area contributed by atoms with Gasteiger partial charge in [0, 0.05) is 18.6 Å². The lowest BCUT2D eigenvalue weighted by molar-refractivity contribution is -0.698. The molecule has 0 saturated carbocycles. The summed E-state index contributed by atoms with van der Waals surface area (Å²) >= 11 is 0. The molecule has 0 N–H and O–H groups in total. The van der Waals surface area contributed by atoms with E-state index in [9.17, 15) is 17.3 Å². The van der Waals surface area contributed by atoms with Gasteiger partial charge < -0.3 is 17.3 Å². The summed E-state index contributed by atoms with van der Waals surface area (Å²) in [5, 5.41) is 0. The summed E-state index contributed by atoms with van der Waals surface area (Å²) < 4.78 is 41.2. The summed E-state index contributed by atoms with van der Waals surface area (Å²) in [5.74, 6) is 0.794. The highest BCUT2D eigenvalue weighted by molar-refractivity contribution is 6.50. The second-order valence-corrected chi connectivity index (χ2v) is 3.79. The van der Waals surface area contributed by atoms with Crippen LogP contribution in [0.25, 0.3) is 0 Å². The number of aryl methyl sites for hydroxylation is 1. The number of hydrogen-bond acceptors (Lipinski definition) is 0. The Morgan fingerprint density at radius 1 is 1.00 bits per heavy atom. The van der Waals surface area contributed by atoms with Gasteiger partial charge in [-0.05, 0) is 5.92 Å². The molecule has 16 heavy (non-hydrogen) atoms. The van der Waals surface area contributed by atoms with Crippen LogP contribution in [0.1, 0.15) is 20.3 Å². The van der Waals surface area contributed by atoms with E-state index in [1.165, 1.54) is 6.42 Å². The maximum absolute atomic E-state index is 9.75. The minimum atomic E-state index is -6.00. The van der Waals surface area contributed by atoms with E-state index in [1.54, 1.807) is 0 Å². The van der Waals surface area contributed by atoms with E-state index in [-0.39, 0.29) is 0 Å². The van der Waals surface area contributed by atoms with E-state index in [4.69, 9.17) is 0 Å². The van der Waals surface area contributed by atoms with Crippen molar-refractivity contribution in [2.24, 2.45) is 5.92 Å². The highest BCUT2D eigenvalue weighted by Crippen LogP contribution is 2.06. The molecule has 0 saturated heterocycles. The standard InChI is InChI=1S/C10H16N.BF4/c1-10(2)6-9-11-7-4-3-5-8-11;2-1(3,4)5/h3-5,7-8,10H,6,9H2,1-2H3;/q+1;-1. The molecule has 0 fully saturated rings. The lowest BCUT2D eigenvalue weighted by atomic mass is 10.1. The van der Waals surface area contributed by atoms with Crippen molar-refractivity contribution in [2.75, 3.05) is 0 Å².